The van der Waals surface area contributed by atoms with Crippen LogP contribution in [0.4, 0.5) is 0 Å². The summed E-state index contributed by atoms with van der Waals surface area (Å²) in [5.41, 5.74) is 8.20. The Morgan fingerprint density at radius 3 is 2.36 bits per heavy atom. The molecule has 1 aromatic rings. The molecule has 0 saturated carbocycles. The molecule has 76 valence electrons. The number of ketones is 1. The molecule has 1 unspecified atom stereocenters. The van der Waals surface area contributed by atoms with Gasteiger partial charge in [0.05, 0.1) is 0 Å². The van der Waals surface area contributed by atoms with Crippen molar-refractivity contribution in [3.8, 4) is 0 Å². The monoisotopic (exact) mass is 191 g/mol. The molecular formula is C12H17NO. The largest absolute Gasteiger partial charge is 0.324 e. The van der Waals surface area contributed by atoms with E-state index in [1.807, 2.05) is 12.1 Å². The van der Waals surface area contributed by atoms with E-state index in [4.69, 9.17) is 5.73 Å². The number of carbonyl (C=O) groups is 1. The molecule has 0 aliphatic carbocycles. The van der Waals surface area contributed by atoms with E-state index >= 15 is 0 Å². The van der Waals surface area contributed by atoms with Crippen LogP contribution in [0.3, 0.4) is 0 Å². The fraction of sp³-hybridized carbons (Fsp3) is 0.417. The lowest BCUT2D eigenvalue weighted by Crippen LogP contribution is -2.13. The molecule has 2 nitrogen and oxygen atoms in total. The highest BCUT2D eigenvalue weighted by atomic mass is 16.1. The SMILES string of the molecule is CCc1ccc(C(N)CC(C)=O)cc1. The zero-order valence-corrected chi connectivity index (χ0v) is 8.79. The van der Waals surface area contributed by atoms with E-state index in [1.165, 1.54) is 5.56 Å². The van der Waals surface area contributed by atoms with E-state index in [0.29, 0.717) is 6.42 Å². The Hall–Kier alpha value is -1.15. The minimum absolute atomic E-state index is 0.136. The van der Waals surface area contributed by atoms with Crippen molar-refractivity contribution in [2.75, 3.05) is 0 Å². The second-order valence-corrected chi connectivity index (χ2v) is 3.61. The quantitative estimate of drug-likeness (QED) is 0.793. The molecule has 1 aromatic carbocycles. The molecule has 0 bridgehead atoms. The van der Waals surface area contributed by atoms with E-state index in [9.17, 15) is 4.79 Å². The molecule has 0 radical (unpaired) electrons. The molecule has 0 heterocycles. The molecule has 0 aliphatic heterocycles. The molecule has 0 saturated heterocycles. The summed E-state index contributed by atoms with van der Waals surface area (Å²) in [5, 5.41) is 0. The molecule has 0 spiro atoms. The summed E-state index contributed by atoms with van der Waals surface area (Å²) in [5.74, 6) is 0.136. The zero-order chi connectivity index (χ0) is 10.6. The van der Waals surface area contributed by atoms with Gasteiger partial charge in [0, 0.05) is 12.5 Å². The van der Waals surface area contributed by atoms with Crippen molar-refractivity contribution in [2.45, 2.75) is 32.7 Å². The van der Waals surface area contributed by atoms with Gasteiger partial charge in [-0.15, -0.1) is 0 Å². The molecule has 0 aromatic heterocycles. The highest BCUT2D eigenvalue weighted by molar-refractivity contribution is 5.76. The van der Waals surface area contributed by atoms with Crippen molar-refractivity contribution in [1.29, 1.82) is 0 Å². The summed E-state index contributed by atoms with van der Waals surface area (Å²) in [6.07, 6.45) is 1.45. The predicted molar refractivity (Wildman–Crippen MR) is 58.0 cm³/mol. The van der Waals surface area contributed by atoms with Gasteiger partial charge >= 0.3 is 0 Å². The van der Waals surface area contributed by atoms with Gasteiger partial charge in [-0.25, -0.2) is 0 Å². The van der Waals surface area contributed by atoms with Gasteiger partial charge in [-0.2, -0.15) is 0 Å². The Kier molecular flexibility index (Phi) is 3.84. The smallest absolute Gasteiger partial charge is 0.131 e. The van der Waals surface area contributed by atoms with Gasteiger partial charge in [-0.1, -0.05) is 31.2 Å². The average molecular weight is 191 g/mol. The van der Waals surface area contributed by atoms with E-state index in [2.05, 4.69) is 19.1 Å². The second kappa shape index (κ2) is 4.91. The maximum atomic E-state index is 10.9. The Morgan fingerprint density at radius 2 is 1.93 bits per heavy atom. The first-order valence-corrected chi connectivity index (χ1v) is 4.97. The normalized spacial score (nSPS) is 12.5. The number of benzene rings is 1. The number of rotatable bonds is 4. The Labute approximate surface area is 85.1 Å². The van der Waals surface area contributed by atoms with Crippen LogP contribution in [0.25, 0.3) is 0 Å². The molecule has 2 heteroatoms. The number of hydrogen-bond acceptors (Lipinski definition) is 2. The lowest BCUT2D eigenvalue weighted by Gasteiger charge is -2.10. The highest BCUT2D eigenvalue weighted by Gasteiger charge is 2.07. The maximum Gasteiger partial charge on any atom is 0.131 e. The first kappa shape index (κ1) is 10.9. The molecule has 0 amide bonds. The minimum Gasteiger partial charge on any atom is -0.324 e. The van der Waals surface area contributed by atoms with Crippen LogP contribution in [0.1, 0.15) is 37.4 Å². The van der Waals surface area contributed by atoms with Crippen molar-refractivity contribution < 1.29 is 4.79 Å². The Bertz CT molecular complexity index is 303. The fourth-order valence-corrected chi connectivity index (χ4v) is 1.43. The number of carbonyl (C=O) groups excluding carboxylic acids is 1. The van der Waals surface area contributed by atoms with Gasteiger partial charge in [-0.3, -0.25) is 4.79 Å². The Morgan fingerprint density at radius 1 is 1.36 bits per heavy atom. The van der Waals surface area contributed by atoms with Gasteiger partial charge in [0.15, 0.2) is 0 Å². The van der Waals surface area contributed by atoms with Crippen molar-refractivity contribution in [3.05, 3.63) is 35.4 Å². The van der Waals surface area contributed by atoms with Crippen LogP contribution in [-0.2, 0) is 11.2 Å². The van der Waals surface area contributed by atoms with E-state index in [-0.39, 0.29) is 11.8 Å². The molecule has 2 N–H and O–H groups in total. The van der Waals surface area contributed by atoms with E-state index in [1.54, 1.807) is 6.92 Å². The van der Waals surface area contributed by atoms with Gasteiger partial charge in [0.1, 0.15) is 5.78 Å². The van der Waals surface area contributed by atoms with E-state index in [0.717, 1.165) is 12.0 Å². The van der Waals surface area contributed by atoms with Crippen molar-refractivity contribution in [1.82, 2.24) is 0 Å². The average Bonchev–Trinajstić information content (AvgIpc) is 2.17. The van der Waals surface area contributed by atoms with Crippen molar-refractivity contribution in [2.24, 2.45) is 5.73 Å². The van der Waals surface area contributed by atoms with Crippen LogP contribution >= 0.6 is 0 Å². The third-order valence-corrected chi connectivity index (χ3v) is 2.32. The van der Waals surface area contributed by atoms with Crippen molar-refractivity contribution in [3.63, 3.8) is 0 Å². The molecule has 0 aliphatic rings. The third kappa shape index (κ3) is 2.96. The van der Waals surface area contributed by atoms with Gasteiger partial charge in [-0.05, 0) is 24.5 Å². The second-order valence-electron chi connectivity index (χ2n) is 3.61. The summed E-state index contributed by atoms with van der Waals surface area (Å²) in [4.78, 5) is 10.9. The van der Waals surface area contributed by atoms with E-state index < -0.39 is 0 Å². The molecule has 14 heavy (non-hydrogen) atoms. The molecule has 1 rings (SSSR count). The minimum atomic E-state index is -0.154. The lowest BCUT2D eigenvalue weighted by molar-refractivity contribution is -0.117. The summed E-state index contributed by atoms with van der Waals surface area (Å²) in [7, 11) is 0. The zero-order valence-electron chi connectivity index (χ0n) is 8.79. The number of Topliss-reactive ketones (excluding diaryl/α,β-unsaturated/α-hetero) is 1. The molecule has 1 atom stereocenters. The number of nitrogens with two attached hydrogens (primary N) is 1. The fourth-order valence-electron chi connectivity index (χ4n) is 1.43. The first-order valence-electron chi connectivity index (χ1n) is 4.97. The molecular weight excluding hydrogens is 174 g/mol. The maximum absolute atomic E-state index is 10.9. The van der Waals surface area contributed by atoms with Gasteiger partial charge < -0.3 is 5.73 Å². The summed E-state index contributed by atoms with van der Waals surface area (Å²) in [6, 6.07) is 7.99. The number of hydrogen-bond donors (Lipinski definition) is 1. The lowest BCUT2D eigenvalue weighted by atomic mass is 10.0. The third-order valence-electron chi connectivity index (χ3n) is 2.32. The van der Waals surface area contributed by atoms with Crippen LogP contribution in [-0.4, -0.2) is 5.78 Å². The van der Waals surface area contributed by atoms with Crippen LogP contribution in [0.15, 0.2) is 24.3 Å². The topological polar surface area (TPSA) is 43.1 Å². The standard InChI is InChI=1S/C12H17NO/c1-3-10-4-6-11(7-5-10)12(13)8-9(2)14/h4-7,12H,3,8,13H2,1-2H3. The number of aryl methyl sites for hydroxylation is 1. The first-order chi connectivity index (χ1) is 6.63. The summed E-state index contributed by atoms with van der Waals surface area (Å²) >= 11 is 0. The van der Waals surface area contributed by atoms with Gasteiger partial charge in [0.2, 0.25) is 0 Å². The van der Waals surface area contributed by atoms with Crippen LogP contribution in [0, 0.1) is 0 Å². The molecule has 0 fully saturated rings. The summed E-state index contributed by atoms with van der Waals surface area (Å²) in [6.45, 7) is 3.69. The van der Waals surface area contributed by atoms with Crippen LogP contribution in [0.5, 0.6) is 0 Å². The Balaban J connectivity index is 2.71. The summed E-state index contributed by atoms with van der Waals surface area (Å²) < 4.78 is 0. The van der Waals surface area contributed by atoms with Crippen LogP contribution in [0.2, 0.25) is 0 Å². The van der Waals surface area contributed by atoms with Crippen molar-refractivity contribution >= 4 is 5.78 Å². The van der Waals surface area contributed by atoms with Gasteiger partial charge in [0.25, 0.3) is 0 Å². The highest BCUT2D eigenvalue weighted by Crippen LogP contribution is 2.15. The van der Waals surface area contributed by atoms with Crippen LogP contribution < -0.4 is 5.73 Å². The predicted octanol–water partition coefficient (Wildman–Crippen LogP) is 2.23.